The summed E-state index contributed by atoms with van der Waals surface area (Å²) in [6, 6.07) is 8.38. The van der Waals surface area contributed by atoms with Gasteiger partial charge in [-0.25, -0.2) is 4.39 Å². The van der Waals surface area contributed by atoms with E-state index >= 15 is 0 Å². The lowest BCUT2D eigenvalue weighted by Crippen LogP contribution is -2.33. The predicted molar refractivity (Wildman–Crippen MR) is 86.4 cm³/mol. The Kier molecular flexibility index (Phi) is 4.59. The van der Waals surface area contributed by atoms with Gasteiger partial charge in [-0.1, -0.05) is 18.2 Å². The van der Waals surface area contributed by atoms with E-state index in [4.69, 9.17) is 0 Å². The maximum Gasteiger partial charge on any atom is 0.416 e. The molecule has 0 aliphatic carbocycles. The van der Waals surface area contributed by atoms with Crippen molar-refractivity contribution in [3.05, 3.63) is 63.9 Å². The third-order valence-corrected chi connectivity index (χ3v) is 4.72. The number of carbonyl (C=O) groups excluding carboxylic acids is 1. The predicted octanol–water partition coefficient (Wildman–Crippen LogP) is 4.45. The van der Waals surface area contributed by atoms with Crippen LogP contribution >= 0.6 is 15.9 Å². The van der Waals surface area contributed by atoms with Crippen molar-refractivity contribution in [3.8, 4) is 0 Å². The zero-order chi connectivity index (χ0) is 18.4. The Morgan fingerprint density at radius 1 is 1.16 bits per heavy atom. The topological polar surface area (TPSA) is 40.5 Å². The molecule has 2 aromatic carbocycles. The number of halogens is 5. The van der Waals surface area contributed by atoms with Crippen LogP contribution in [0.5, 0.6) is 0 Å². The molecule has 1 heterocycles. The average molecular weight is 418 g/mol. The summed E-state index contributed by atoms with van der Waals surface area (Å²) >= 11 is 3.00. The second kappa shape index (κ2) is 6.42. The molecule has 0 bridgehead atoms. The van der Waals surface area contributed by atoms with Gasteiger partial charge in [-0.15, -0.1) is 0 Å². The van der Waals surface area contributed by atoms with Crippen molar-refractivity contribution in [2.45, 2.75) is 24.7 Å². The molecule has 25 heavy (non-hydrogen) atoms. The van der Waals surface area contributed by atoms with Crippen molar-refractivity contribution in [1.82, 2.24) is 0 Å². The molecule has 1 saturated heterocycles. The van der Waals surface area contributed by atoms with Crippen LogP contribution < -0.4 is 4.90 Å². The van der Waals surface area contributed by atoms with E-state index in [-0.39, 0.29) is 22.1 Å². The molecule has 3 rings (SSSR count). The van der Waals surface area contributed by atoms with Crippen LogP contribution in [-0.2, 0) is 11.0 Å². The number of alkyl halides is 3. The quantitative estimate of drug-likeness (QED) is 0.733. The number of rotatable bonds is 2. The van der Waals surface area contributed by atoms with Gasteiger partial charge >= 0.3 is 6.18 Å². The van der Waals surface area contributed by atoms with Gasteiger partial charge in [-0.05, 0) is 45.8 Å². The summed E-state index contributed by atoms with van der Waals surface area (Å²) in [6.07, 6.45) is -5.84. The zero-order valence-electron chi connectivity index (χ0n) is 12.6. The molecule has 2 aromatic rings. The van der Waals surface area contributed by atoms with Gasteiger partial charge in [0.05, 0.1) is 16.0 Å². The van der Waals surface area contributed by atoms with Gasteiger partial charge in [-0.2, -0.15) is 13.2 Å². The molecule has 1 N–H and O–H groups in total. The van der Waals surface area contributed by atoms with Gasteiger partial charge < -0.3 is 5.11 Å². The minimum atomic E-state index is -4.52. The minimum Gasteiger partial charge on any atom is -0.373 e. The molecule has 2 unspecified atom stereocenters. The van der Waals surface area contributed by atoms with Gasteiger partial charge in [0.15, 0.2) is 0 Å². The molecule has 1 fully saturated rings. The van der Waals surface area contributed by atoms with E-state index in [0.717, 1.165) is 23.1 Å². The van der Waals surface area contributed by atoms with Gasteiger partial charge in [0.2, 0.25) is 5.91 Å². The lowest BCUT2D eigenvalue weighted by molar-refractivity contribution is -0.137. The standard InChI is InChI=1S/C17H12BrF4NO2/c18-13-5-4-11(7-14(13)19)23-15(24)8-12(16(23)25)9-2-1-3-10(6-9)17(20,21)22/h1-7,12,15,24H,8H2. The third kappa shape index (κ3) is 3.41. The highest BCUT2D eigenvalue weighted by Crippen LogP contribution is 2.38. The number of aliphatic hydroxyl groups is 1. The van der Waals surface area contributed by atoms with Crippen LogP contribution in [0.4, 0.5) is 23.2 Å². The Hall–Kier alpha value is -1.93. The first-order valence-corrected chi connectivity index (χ1v) is 8.11. The molecule has 0 aromatic heterocycles. The van der Waals surface area contributed by atoms with Gasteiger partial charge in [0.25, 0.3) is 0 Å². The molecule has 0 spiro atoms. The van der Waals surface area contributed by atoms with Crippen LogP contribution in [0.15, 0.2) is 46.9 Å². The van der Waals surface area contributed by atoms with Crippen LogP contribution in [0, 0.1) is 5.82 Å². The second-order valence-corrected chi connectivity index (χ2v) is 6.55. The number of hydrogen-bond acceptors (Lipinski definition) is 2. The number of hydrogen-bond donors (Lipinski definition) is 1. The van der Waals surface area contributed by atoms with Crippen molar-refractivity contribution >= 4 is 27.5 Å². The van der Waals surface area contributed by atoms with Crippen LogP contribution in [0.3, 0.4) is 0 Å². The first-order chi connectivity index (χ1) is 11.7. The van der Waals surface area contributed by atoms with E-state index in [1.807, 2.05) is 0 Å². The Morgan fingerprint density at radius 3 is 2.52 bits per heavy atom. The summed E-state index contributed by atoms with van der Waals surface area (Å²) in [5, 5.41) is 10.2. The highest BCUT2D eigenvalue weighted by Gasteiger charge is 2.41. The average Bonchev–Trinajstić information content (AvgIpc) is 2.84. The maximum atomic E-state index is 13.7. The third-order valence-electron chi connectivity index (χ3n) is 4.08. The van der Waals surface area contributed by atoms with E-state index in [9.17, 15) is 27.5 Å². The Balaban J connectivity index is 1.94. The van der Waals surface area contributed by atoms with Crippen LogP contribution in [-0.4, -0.2) is 17.2 Å². The van der Waals surface area contributed by atoms with Crippen molar-refractivity contribution < 1.29 is 27.5 Å². The van der Waals surface area contributed by atoms with Crippen LogP contribution in [0.2, 0.25) is 0 Å². The lowest BCUT2D eigenvalue weighted by atomic mass is 9.95. The van der Waals surface area contributed by atoms with Crippen molar-refractivity contribution in [2.24, 2.45) is 0 Å². The van der Waals surface area contributed by atoms with E-state index in [1.54, 1.807) is 0 Å². The Morgan fingerprint density at radius 2 is 1.88 bits per heavy atom. The fourth-order valence-electron chi connectivity index (χ4n) is 2.88. The lowest BCUT2D eigenvalue weighted by Gasteiger charge is -2.21. The molecular weight excluding hydrogens is 406 g/mol. The number of amides is 1. The highest BCUT2D eigenvalue weighted by molar-refractivity contribution is 9.10. The number of anilines is 1. The minimum absolute atomic E-state index is 0.0716. The molecule has 3 nitrogen and oxygen atoms in total. The maximum absolute atomic E-state index is 13.7. The number of nitrogens with zero attached hydrogens (tertiary/aromatic N) is 1. The van der Waals surface area contributed by atoms with Crippen LogP contribution in [0.25, 0.3) is 0 Å². The fourth-order valence-corrected chi connectivity index (χ4v) is 3.12. The largest absolute Gasteiger partial charge is 0.416 e. The summed E-state index contributed by atoms with van der Waals surface area (Å²) in [5.41, 5.74) is -0.549. The summed E-state index contributed by atoms with van der Waals surface area (Å²) in [6.45, 7) is 0. The first-order valence-electron chi connectivity index (χ1n) is 7.32. The molecule has 2 atom stereocenters. The van der Waals surface area contributed by atoms with Gasteiger partial charge in [-0.3, -0.25) is 9.69 Å². The number of aliphatic hydroxyl groups excluding tert-OH is 1. The summed E-state index contributed by atoms with van der Waals surface area (Å²) in [7, 11) is 0. The van der Waals surface area contributed by atoms with E-state index in [1.165, 1.54) is 24.3 Å². The highest BCUT2D eigenvalue weighted by atomic mass is 79.9. The summed E-state index contributed by atoms with van der Waals surface area (Å²) in [4.78, 5) is 13.6. The molecule has 0 saturated carbocycles. The first kappa shape index (κ1) is 17.9. The van der Waals surface area contributed by atoms with E-state index < -0.39 is 35.6 Å². The molecule has 0 radical (unpaired) electrons. The summed E-state index contributed by atoms with van der Waals surface area (Å²) in [5.74, 6) is -2.11. The molecular formula is C17H12BrF4NO2. The number of carbonyl (C=O) groups is 1. The van der Waals surface area contributed by atoms with E-state index in [0.29, 0.717) is 0 Å². The molecule has 1 aliphatic heterocycles. The Labute approximate surface area is 149 Å². The van der Waals surface area contributed by atoms with E-state index in [2.05, 4.69) is 15.9 Å². The molecule has 8 heteroatoms. The van der Waals surface area contributed by atoms with Crippen molar-refractivity contribution in [3.63, 3.8) is 0 Å². The fraction of sp³-hybridized carbons (Fsp3) is 0.235. The second-order valence-electron chi connectivity index (χ2n) is 5.70. The Bertz CT molecular complexity index is 825. The summed E-state index contributed by atoms with van der Waals surface area (Å²) < 4.78 is 52.5. The molecule has 132 valence electrons. The van der Waals surface area contributed by atoms with Crippen molar-refractivity contribution in [1.29, 1.82) is 0 Å². The zero-order valence-corrected chi connectivity index (χ0v) is 14.2. The van der Waals surface area contributed by atoms with Crippen molar-refractivity contribution in [2.75, 3.05) is 4.90 Å². The SMILES string of the molecule is O=C1C(c2cccc(C(F)(F)F)c2)CC(O)N1c1ccc(Br)c(F)c1. The number of benzene rings is 2. The normalized spacial score (nSPS) is 21.0. The van der Waals surface area contributed by atoms with Gasteiger partial charge in [0, 0.05) is 12.1 Å². The molecule has 1 amide bonds. The molecule has 1 aliphatic rings. The van der Waals surface area contributed by atoms with Crippen LogP contribution in [0.1, 0.15) is 23.5 Å². The monoisotopic (exact) mass is 417 g/mol. The smallest absolute Gasteiger partial charge is 0.373 e. The van der Waals surface area contributed by atoms with Gasteiger partial charge in [0.1, 0.15) is 12.0 Å².